The summed E-state index contributed by atoms with van der Waals surface area (Å²) in [6.07, 6.45) is 1.99. The number of hydrogen-bond donors (Lipinski definition) is 13. The highest BCUT2D eigenvalue weighted by Gasteiger charge is 2.48. The van der Waals surface area contributed by atoms with E-state index < -0.39 is 177 Å². The first-order chi connectivity index (χ1) is 34.4. The van der Waals surface area contributed by atoms with Gasteiger partial charge in [-0.15, -0.1) is 0 Å². The summed E-state index contributed by atoms with van der Waals surface area (Å²) in [4.78, 5) is 172. The average molecular weight is 1040 g/mol. The zero-order valence-electron chi connectivity index (χ0n) is 40.6. The standard InChI is InChI=1S/C43H67N13O17/c1-43(2,42(73)56-14-6-10-29(56)41(72)55-13-5-9-28(55)40(71)54-12-4-8-27(54)39(70)49-23(19-57)34(45)65)52-31(61)17-48-36(67)24(20-58)50-37(68)25(21-59)51-38(69)26-7-3-11-53(26)32(62)18-46-30(60)16-47-35(66)22(44)15-33(63)64/h22-29,57-59H,3-21,44H2,1-2H3,(H2,45,65)(H,46,60)(H,47,66)(H,48,67)(H,49,70)(H,50,68)(H,51,69)(H,52,61)(H,63,64)/t22-,23-,24-,25-,26-,27-,28-,29-/m0/s1. The van der Waals surface area contributed by atoms with Crippen molar-refractivity contribution in [1.29, 1.82) is 0 Å². The van der Waals surface area contributed by atoms with E-state index in [1.165, 1.54) is 28.5 Å². The zero-order valence-corrected chi connectivity index (χ0v) is 40.6. The molecule has 4 aliphatic rings. The number of primary amides is 1. The van der Waals surface area contributed by atoms with E-state index in [-0.39, 0.29) is 45.4 Å². The molecule has 4 saturated heterocycles. The van der Waals surface area contributed by atoms with Crippen molar-refractivity contribution in [3.05, 3.63) is 0 Å². The molecule has 0 bridgehead atoms. The van der Waals surface area contributed by atoms with Crippen LogP contribution >= 0.6 is 0 Å². The summed E-state index contributed by atoms with van der Waals surface area (Å²) in [5, 5.41) is 54.1. The van der Waals surface area contributed by atoms with E-state index in [0.717, 1.165) is 4.90 Å². The van der Waals surface area contributed by atoms with E-state index in [0.29, 0.717) is 32.1 Å². The van der Waals surface area contributed by atoms with Gasteiger partial charge in [-0.3, -0.25) is 62.3 Å². The van der Waals surface area contributed by atoms with E-state index in [1.54, 1.807) is 0 Å². The topological polar surface area (TPSA) is 452 Å². The molecular weight excluding hydrogens is 971 g/mol. The molecule has 0 radical (unpaired) electrons. The Morgan fingerprint density at radius 3 is 1.52 bits per heavy atom. The second-order valence-electron chi connectivity index (χ2n) is 18.5. The van der Waals surface area contributed by atoms with Crippen molar-refractivity contribution in [3.8, 4) is 0 Å². The third-order valence-corrected chi connectivity index (χ3v) is 12.8. The highest BCUT2D eigenvalue weighted by Crippen LogP contribution is 2.29. The lowest BCUT2D eigenvalue weighted by atomic mass is 10.0. The molecule has 0 aliphatic carbocycles. The molecule has 4 rings (SSSR count). The molecule has 406 valence electrons. The Morgan fingerprint density at radius 2 is 0.986 bits per heavy atom. The molecule has 0 aromatic rings. The van der Waals surface area contributed by atoms with Gasteiger partial charge >= 0.3 is 5.97 Å². The Balaban J connectivity index is 1.26. The van der Waals surface area contributed by atoms with Crippen LogP contribution in [0.3, 0.4) is 0 Å². The Bertz CT molecular complexity index is 2140. The number of aliphatic hydroxyl groups is 3. The van der Waals surface area contributed by atoms with Gasteiger partial charge in [0, 0.05) is 26.2 Å². The first-order valence-electron chi connectivity index (χ1n) is 23.8. The Kier molecular flexibility index (Phi) is 21.3. The maximum absolute atomic E-state index is 14.1. The summed E-state index contributed by atoms with van der Waals surface area (Å²) in [7, 11) is 0. The monoisotopic (exact) mass is 1040 g/mol. The second kappa shape index (κ2) is 26.6. The molecule has 4 fully saturated rings. The van der Waals surface area contributed by atoms with E-state index in [1.807, 2.05) is 0 Å². The summed E-state index contributed by atoms with van der Waals surface area (Å²) in [5.74, 6) is -11.0. The minimum absolute atomic E-state index is 0.0817. The average Bonchev–Trinajstić information content (AvgIpc) is 4.20. The van der Waals surface area contributed by atoms with Gasteiger partial charge in [0.05, 0.1) is 51.9 Å². The van der Waals surface area contributed by atoms with Gasteiger partial charge < -0.3 is 88.7 Å². The number of carboxylic acids is 1. The summed E-state index contributed by atoms with van der Waals surface area (Å²) < 4.78 is 0. The van der Waals surface area contributed by atoms with Gasteiger partial charge in [0.1, 0.15) is 47.8 Å². The van der Waals surface area contributed by atoms with Crippen LogP contribution in [0.2, 0.25) is 0 Å². The van der Waals surface area contributed by atoms with Crippen molar-refractivity contribution in [2.45, 2.75) is 126 Å². The predicted molar refractivity (Wildman–Crippen MR) is 247 cm³/mol. The van der Waals surface area contributed by atoms with E-state index in [4.69, 9.17) is 16.6 Å². The fraction of sp³-hybridized carbons (Fsp3) is 0.698. The van der Waals surface area contributed by atoms with Gasteiger partial charge in [-0.1, -0.05) is 0 Å². The number of aliphatic carboxylic acids is 1. The lowest BCUT2D eigenvalue weighted by Gasteiger charge is -2.36. The van der Waals surface area contributed by atoms with Crippen molar-refractivity contribution < 1.29 is 82.8 Å². The summed E-state index contributed by atoms with van der Waals surface area (Å²) in [6, 6.07) is -10.2. The van der Waals surface area contributed by atoms with Crippen molar-refractivity contribution >= 4 is 76.9 Å². The molecule has 73 heavy (non-hydrogen) atoms. The third-order valence-electron chi connectivity index (χ3n) is 12.8. The molecular formula is C43H67N13O17. The highest BCUT2D eigenvalue weighted by molar-refractivity contribution is 6.00. The number of rotatable bonds is 24. The van der Waals surface area contributed by atoms with Crippen molar-refractivity contribution in [1.82, 2.24) is 56.8 Å². The Hall–Kier alpha value is -7.05. The first-order valence-corrected chi connectivity index (χ1v) is 23.8. The van der Waals surface area contributed by atoms with Crippen LogP contribution in [0.5, 0.6) is 0 Å². The molecule has 8 atom stereocenters. The second-order valence-corrected chi connectivity index (χ2v) is 18.5. The largest absolute Gasteiger partial charge is 0.481 e. The molecule has 0 saturated carbocycles. The van der Waals surface area contributed by atoms with E-state index in [9.17, 15) is 77.6 Å². The number of nitrogens with zero attached hydrogens (tertiary/aromatic N) is 4. The fourth-order valence-corrected chi connectivity index (χ4v) is 8.99. The number of carboxylic acid groups (broad SMARTS) is 1. The quantitative estimate of drug-likeness (QED) is 0.0427. The summed E-state index contributed by atoms with van der Waals surface area (Å²) in [6.45, 7) is -1.33. The fourth-order valence-electron chi connectivity index (χ4n) is 8.99. The van der Waals surface area contributed by atoms with Gasteiger partial charge in [-0.25, -0.2) is 0 Å². The van der Waals surface area contributed by atoms with Gasteiger partial charge in [-0.2, -0.15) is 0 Å². The van der Waals surface area contributed by atoms with Gasteiger partial charge in [0.2, 0.25) is 70.9 Å². The van der Waals surface area contributed by atoms with Gasteiger partial charge in [0.15, 0.2) is 0 Å². The predicted octanol–water partition coefficient (Wildman–Crippen LogP) is -9.09. The minimum atomic E-state index is -1.71. The Morgan fingerprint density at radius 1 is 0.548 bits per heavy atom. The number of hydrogen-bond acceptors (Lipinski definition) is 17. The number of nitrogens with two attached hydrogens (primary N) is 2. The van der Waals surface area contributed by atoms with Gasteiger partial charge in [0.25, 0.3) is 0 Å². The molecule has 15 N–H and O–H groups in total. The normalized spacial score (nSPS) is 21.2. The molecule has 0 aromatic heterocycles. The maximum atomic E-state index is 14.1. The van der Waals surface area contributed by atoms with Crippen LogP contribution in [0, 0.1) is 0 Å². The van der Waals surface area contributed by atoms with Crippen molar-refractivity contribution in [2.24, 2.45) is 11.5 Å². The SMILES string of the molecule is CC(C)(NC(=O)CNC(=O)[C@H](CO)NC(=O)[C@H](CO)NC(=O)[C@@H]1CCCN1C(=O)CNC(=O)CNC(=O)[C@@H](N)CC(=O)O)C(=O)N1CCC[C@H]1C(=O)N1CCC[C@H]1C(=O)N1CCC[C@H]1C(=O)N[C@@H](CO)C(N)=O. The van der Waals surface area contributed by atoms with Crippen LogP contribution in [0.1, 0.15) is 71.6 Å². The van der Waals surface area contributed by atoms with Gasteiger partial charge in [-0.05, 0) is 65.2 Å². The van der Waals surface area contributed by atoms with Crippen molar-refractivity contribution in [2.75, 3.05) is 65.6 Å². The van der Waals surface area contributed by atoms with Crippen LogP contribution in [-0.4, -0.2) is 236 Å². The lowest BCUT2D eigenvalue weighted by molar-refractivity contribution is -0.152. The number of nitrogens with one attached hydrogen (secondary N) is 7. The number of likely N-dealkylation sites (tertiary alicyclic amines) is 4. The van der Waals surface area contributed by atoms with E-state index in [2.05, 4.69) is 37.2 Å². The number of aliphatic hydroxyl groups excluding tert-OH is 3. The van der Waals surface area contributed by atoms with Crippen LogP contribution in [-0.2, 0) is 62.3 Å². The molecule has 30 heteroatoms. The van der Waals surface area contributed by atoms with E-state index >= 15 is 0 Å². The van der Waals surface area contributed by atoms with Crippen molar-refractivity contribution in [3.63, 3.8) is 0 Å². The zero-order chi connectivity index (χ0) is 54.3. The summed E-state index contributed by atoms with van der Waals surface area (Å²) in [5.41, 5.74) is 9.03. The smallest absolute Gasteiger partial charge is 0.305 e. The third kappa shape index (κ3) is 15.5. The molecule has 0 unspecified atom stereocenters. The molecule has 30 nitrogen and oxygen atoms in total. The molecule has 12 amide bonds. The van der Waals surface area contributed by atoms with Crippen LogP contribution in [0.25, 0.3) is 0 Å². The lowest BCUT2D eigenvalue weighted by Crippen LogP contribution is -2.61. The molecule has 0 aromatic carbocycles. The Labute approximate surface area is 418 Å². The molecule has 4 aliphatic heterocycles. The molecule has 4 heterocycles. The van der Waals surface area contributed by atoms with Crippen LogP contribution < -0.4 is 48.7 Å². The van der Waals surface area contributed by atoms with Crippen LogP contribution in [0.15, 0.2) is 0 Å². The highest BCUT2D eigenvalue weighted by atomic mass is 16.4. The summed E-state index contributed by atoms with van der Waals surface area (Å²) >= 11 is 0. The first kappa shape index (κ1) is 58.5. The minimum Gasteiger partial charge on any atom is -0.481 e. The number of amides is 12. The van der Waals surface area contributed by atoms with Crippen LogP contribution in [0.4, 0.5) is 0 Å². The number of carbonyl (C=O) groups excluding carboxylic acids is 12. The maximum Gasteiger partial charge on any atom is 0.305 e. The number of carbonyl (C=O) groups is 13. The molecule has 0 spiro atoms.